The summed E-state index contributed by atoms with van der Waals surface area (Å²) in [4.78, 5) is 25.1. The number of benzene rings is 2. The van der Waals surface area contributed by atoms with Gasteiger partial charge in [0.15, 0.2) is 0 Å². The Morgan fingerprint density at radius 1 is 1.00 bits per heavy atom. The third kappa shape index (κ3) is 4.11. The lowest BCUT2D eigenvalue weighted by Crippen LogP contribution is -2.45. The third-order valence-electron chi connectivity index (χ3n) is 4.42. The molecule has 1 N–H and O–H groups in total. The van der Waals surface area contributed by atoms with Gasteiger partial charge in [0.1, 0.15) is 11.7 Å². The van der Waals surface area contributed by atoms with E-state index in [4.69, 9.17) is 4.74 Å². The average molecular weight is 377 g/mol. The van der Waals surface area contributed by atoms with Crippen molar-refractivity contribution in [2.24, 2.45) is 5.92 Å². The molecule has 3 rings (SSSR count). The number of rotatable bonds is 6. The molecule has 0 spiro atoms. The van der Waals surface area contributed by atoms with E-state index in [0.29, 0.717) is 11.4 Å². The lowest BCUT2D eigenvalue weighted by Gasteiger charge is -2.20. The Labute approximate surface area is 164 Å². The molecule has 0 aliphatic heterocycles. The molecule has 1 atom stereocenters. The van der Waals surface area contributed by atoms with E-state index in [0.717, 1.165) is 11.3 Å². The molecule has 2 aromatic carbocycles. The molecule has 0 fully saturated rings. The second-order valence-electron chi connectivity index (χ2n) is 6.75. The van der Waals surface area contributed by atoms with E-state index in [1.807, 2.05) is 74.5 Å². The molecule has 3 aromatic rings. The molecule has 0 saturated carbocycles. The Hall–Kier alpha value is -3.41. The van der Waals surface area contributed by atoms with Crippen molar-refractivity contribution in [1.29, 1.82) is 0 Å². The van der Waals surface area contributed by atoms with Crippen molar-refractivity contribution in [3.05, 3.63) is 72.4 Å². The fourth-order valence-electron chi connectivity index (χ4n) is 2.90. The van der Waals surface area contributed by atoms with Crippen molar-refractivity contribution in [1.82, 2.24) is 15.1 Å². The first-order valence-electron chi connectivity index (χ1n) is 9.11. The summed E-state index contributed by atoms with van der Waals surface area (Å²) >= 11 is 0. The van der Waals surface area contributed by atoms with Crippen molar-refractivity contribution in [2.75, 3.05) is 7.11 Å². The molecule has 1 amide bonds. The molecule has 0 radical (unpaired) electrons. The van der Waals surface area contributed by atoms with Crippen molar-refractivity contribution in [2.45, 2.75) is 19.9 Å². The van der Waals surface area contributed by atoms with Crippen molar-refractivity contribution in [3.63, 3.8) is 0 Å². The van der Waals surface area contributed by atoms with Gasteiger partial charge in [-0.05, 0) is 24.1 Å². The minimum absolute atomic E-state index is 0.113. The van der Waals surface area contributed by atoms with E-state index in [9.17, 15) is 9.59 Å². The molecule has 0 bridgehead atoms. The number of carbonyl (C=O) groups excluding carboxylic acids is 2. The van der Waals surface area contributed by atoms with Gasteiger partial charge in [-0.2, -0.15) is 5.10 Å². The summed E-state index contributed by atoms with van der Waals surface area (Å²) in [7, 11) is 1.31. The number of esters is 1. The molecular weight excluding hydrogens is 354 g/mol. The topological polar surface area (TPSA) is 73.2 Å². The molecule has 0 aliphatic carbocycles. The fourth-order valence-corrected chi connectivity index (χ4v) is 2.90. The summed E-state index contributed by atoms with van der Waals surface area (Å²) < 4.78 is 6.41. The number of nitrogens with one attached hydrogen (secondary N) is 1. The summed E-state index contributed by atoms with van der Waals surface area (Å²) in [5, 5.41) is 7.41. The average Bonchev–Trinajstić information content (AvgIpc) is 3.18. The van der Waals surface area contributed by atoms with Crippen LogP contribution in [0.1, 0.15) is 24.3 Å². The minimum atomic E-state index is -0.739. The lowest BCUT2D eigenvalue weighted by atomic mass is 10.0. The Morgan fingerprint density at radius 2 is 1.61 bits per heavy atom. The van der Waals surface area contributed by atoms with E-state index < -0.39 is 12.0 Å². The van der Waals surface area contributed by atoms with Crippen LogP contribution in [-0.4, -0.2) is 34.8 Å². The summed E-state index contributed by atoms with van der Waals surface area (Å²) in [6.07, 6.45) is 0. The number of nitrogens with zero attached hydrogens (tertiary/aromatic N) is 2. The van der Waals surface area contributed by atoms with Crippen LogP contribution in [0, 0.1) is 5.92 Å². The van der Waals surface area contributed by atoms with E-state index in [1.54, 1.807) is 10.7 Å². The number of hydrogen-bond donors (Lipinski definition) is 1. The number of ether oxygens (including phenoxy) is 1. The first-order valence-corrected chi connectivity index (χ1v) is 9.11. The van der Waals surface area contributed by atoms with Crippen LogP contribution in [-0.2, 0) is 9.53 Å². The predicted molar refractivity (Wildman–Crippen MR) is 107 cm³/mol. The molecule has 1 heterocycles. The number of aromatic nitrogens is 2. The van der Waals surface area contributed by atoms with E-state index in [2.05, 4.69) is 10.4 Å². The smallest absolute Gasteiger partial charge is 0.328 e. The molecule has 0 saturated heterocycles. The zero-order valence-electron chi connectivity index (χ0n) is 16.1. The first kappa shape index (κ1) is 19.4. The maximum Gasteiger partial charge on any atom is 0.328 e. The normalized spacial score (nSPS) is 11.9. The highest BCUT2D eigenvalue weighted by atomic mass is 16.5. The highest BCUT2D eigenvalue weighted by Crippen LogP contribution is 2.22. The summed E-state index contributed by atoms with van der Waals surface area (Å²) in [5.74, 6) is -0.974. The zero-order valence-corrected chi connectivity index (χ0v) is 16.1. The standard InChI is InChI=1S/C22H23N3O3/c1-15(2)20(22(27)28-3)23-21(26)19-14-18(16-10-6-4-7-11-16)24-25(19)17-12-8-5-9-13-17/h4-15,20H,1-3H3,(H,23,26)/t20-/m0/s1. The van der Waals surface area contributed by atoms with Gasteiger partial charge in [-0.3, -0.25) is 4.79 Å². The molecular formula is C22H23N3O3. The molecule has 0 aliphatic rings. The largest absolute Gasteiger partial charge is 0.467 e. The van der Waals surface area contributed by atoms with Gasteiger partial charge < -0.3 is 10.1 Å². The Balaban J connectivity index is 2.02. The molecule has 1 aromatic heterocycles. The maximum absolute atomic E-state index is 13.0. The summed E-state index contributed by atoms with van der Waals surface area (Å²) in [6.45, 7) is 3.71. The van der Waals surface area contributed by atoms with Gasteiger partial charge in [0.2, 0.25) is 0 Å². The van der Waals surface area contributed by atoms with Crippen molar-refractivity contribution >= 4 is 11.9 Å². The number of hydrogen-bond acceptors (Lipinski definition) is 4. The fraction of sp³-hybridized carbons (Fsp3) is 0.227. The second-order valence-corrected chi connectivity index (χ2v) is 6.75. The van der Waals surface area contributed by atoms with Gasteiger partial charge in [-0.15, -0.1) is 0 Å². The van der Waals surface area contributed by atoms with Crippen molar-refractivity contribution in [3.8, 4) is 16.9 Å². The molecule has 0 unspecified atom stereocenters. The van der Waals surface area contributed by atoms with Crippen LogP contribution in [0.15, 0.2) is 66.7 Å². The van der Waals surface area contributed by atoms with Gasteiger partial charge in [-0.1, -0.05) is 62.4 Å². The summed E-state index contributed by atoms with van der Waals surface area (Å²) in [5.41, 5.74) is 2.68. The van der Waals surface area contributed by atoms with Crippen LogP contribution in [0.5, 0.6) is 0 Å². The van der Waals surface area contributed by atoms with E-state index in [1.165, 1.54) is 7.11 Å². The SMILES string of the molecule is COC(=O)[C@@H](NC(=O)c1cc(-c2ccccc2)nn1-c1ccccc1)C(C)C. The molecule has 28 heavy (non-hydrogen) atoms. The summed E-state index contributed by atoms with van der Waals surface area (Å²) in [6, 6.07) is 20.0. The van der Waals surface area contributed by atoms with Crippen molar-refractivity contribution < 1.29 is 14.3 Å². The Bertz CT molecular complexity index is 950. The number of methoxy groups -OCH3 is 1. The monoisotopic (exact) mass is 377 g/mol. The zero-order chi connectivity index (χ0) is 20.1. The van der Waals surface area contributed by atoms with E-state index >= 15 is 0 Å². The van der Waals surface area contributed by atoms with E-state index in [-0.39, 0.29) is 11.8 Å². The number of amides is 1. The quantitative estimate of drug-likeness (QED) is 0.668. The molecule has 6 nitrogen and oxygen atoms in total. The Morgan fingerprint density at radius 3 is 2.18 bits per heavy atom. The van der Waals surface area contributed by atoms with Gasteiger partial charge in [-0.25, -0.2) is 9.48 Å². The lowest BCUT2D eigenvalue weighted by molar-refractivity contribution is -0.144. The van der Waals surface area contributed by atoms with Gasteiger partial charge in [0.25, 0.3) is 5.91 Å². The minimum Gasteiger partial charge on any atom is -0.467 e. The van der Waals surface area contributed by atoms with Crippen LogP contribution in [0.3, 0.4) is 0 Å². The Kier molecular flexibility index (Phi) is 5.89. The highest BCUT2D eigenvalue weighted by molar-refractivity contribution is 5.97. The number of para-hydroxylation sites is 1. The first-order chi connectivity index (χ1) is 13.5. The molecule has 144 valence electrons. The molecule has 6 heteroatoms. The highest BCUT2D eigenvalue weighted by Gasteiger charge is 2.27. The van der Waals surface area contributed by atoms with Crippen LogP contribution in [0.2, 0.25) is 0 Å². The third-order valence-corrected chi connectivity index (χ3v) is 4.42. The van der Waals surface area contributed by atoms with Gasteiger partial charge >= 0.3 is 5.97 Å². The van der Waals surface area contributed by atoms with Crippen LogP contribution in [0.4, 0.5) is 0 Å². The van der Waals surface area contributed by atoms with Crippen LogP contribution >= 0.6 is 0 Å². The van der Waals surface area contributed by atoms with Crippen LogP contribution < -0.4 is 5.32 Å². The maximum atomic E-state index is 13.0. The van der Waals surface area contributed by atoms with Gasteiger partial charge in [0.05, 0.1) is 18.5 Å². The van der Waals surface area contributed by atoms with Gasteiger partial charge in [0, 0.05) is 5.56 Å². The second kappa shape index (κ2) is 8.52. The van der Waals surface area contributed by atoms with Crippen LogP contribution in [0.25, 0.3) is 16.9 Å². The number of carbonyl (C=O) groups is 2. The predicted octanol–water partition coefficient (Wildman–Crippen LogP) is 3.47.